The molecule has 0 spiro atoms. The second-order valence-corrected chi connectivity index (χ2v) is 8.04. The molecule has 0 bridgehead atoms. The van der Waals surface area contributed by atoms with E-state index in [1.165, 1.54) is 18.3 Å². The Balaban J connectivity index is 1.49. The summed E-state index contributed by atoms with van der Waals surface area (Å²) in [7, 11) is 0. The molecule has 0 aliphatic carbocycles. The van der Waals surface area contributed by atoms with Crippen molar-refractivity contribution < 1.29 is 22.7 Å². The zero-order valence-corrected chi connectivity index (χ0v) is 18.2. The molecule has 0 saturated heterocycles. The standard InChI is InChI=1S/C23H18ClF3N2O2S/c24-19-9-11-20(12-10-19)32-15-17-3-1-2-4-21(17)31-14-22(30)29-28-13-16-5-7-18(8-6-16)23(25,26)27/h1-13H,14-15H2,(H,29,30). The van der Waals surface area contributed by atoms with E-state index in [1.54, 1.807) is 17.8 Å². The Morgan fingerprint density at radius 1 is 1.03 bits per heavy atom. The monoisotopic (exact) mass is 478 g/mol. The molecule has 0 aromatic heterocycles. The van der Waals surface area contributed by atoms with Gasteiger partial charge in [0.2, 0.25) is 0 Å². The van der Waals surface area contributed by atoms with Crippen molar-refractivity contribution in [1.82, 2.24) is 5.43 Å². The van der Waals surface area contributed by atoms with Crippen molar-refractivity contribution in [3.05, 3.63) is 94.5 Å². The van der Waals surface area contributed by atoms with E-state index in [0.29, 0.717) is 22.1 Å². The number of para-hydroxylation sites is 1. The number of nitrogens with one attached hydrogen (secondary N) is 1. The third-order valence-electron chi connectivity index (χ3n) is 4.18. The lowest BCUT2D eigenvalue weighted by Gasteiger charge is -2.10. The largest absolute Gasteiger partial charge is 0.483 e. The molecular weight excluding hydrogens is 461 g/mol. The Hall–Kier alpha value is -2.97. The molecule has 3 aromatic rings. The first-order valence-corrected chi connectivity index (χ1v) is 10.8. The lowest BCUT2D eigenvalue weighted by Crippen LogP contribution is -2.24. The number of carbonyl (C=O) groups is 1. The van der Waals surface area contributed by atoms with Gasteiger partial charge in [-0.25, -0.2) is 5.43 Å². The zero-order chi connectivity index (χ0) is 23.0. The Morgan fingerprint density at radius 2 is 1.72 bits per heavy atom. The van der Waals surface area contributed by atoms with E-state index >= 15 is 0 Å². The maximum atomic E-state index is 12.6. The number of alkyl halides is 3. The fourth-order valence-electron chi connectivity index (χ4n) is 2.57. The highest BCUT2D eigenvalue weighted by Crippen LogP contribution is 2.29. The summed E-state index contributed by atoms with van der Waals surface area (Å²) in [5, 5.41) is 4.42. The SMILES string of the molecule is O=C(COc1ccccc1CSc1ccc(Cl)cc1)NN=Cc1ccc(C(F)(F)F)cc1. The van der Waals surface area contributed by atoms with Gasteiger partial charge in [0.25, 0.3) is 5.91 Å². The quantitative estimate of drug-likeness (QED) is 0.239. The molecule has 0 aliphatic heterocycles. The van der Waals surface area contributed by atoms with Crippen LogP contribution >= 0.6 is 23.4 Å². The summed E-state index contributed by atoms with van der Waals surface area (Å²) >= 11 is 7.51. The van der Waals surface area contributed by atoms with Gasteiger partial charge in [0.1, 0.15) is 5.75 Å². The molecule has 0 atom stereocenters. The highest BCUT2D eigenvalue weighted by atomic mass is 35.5. The number of thioether (sulfide) groups is 1. The number of hydrogen-bond donors (Lipinski definition) is 1. The molecule has 3 rings (SSSR count). The van der Waals surface area contributed by atoms with Crippen LogP contribution in [0.4, 0.5) is 13.2 Å². The average molecular weight is 479 g/mol. The van der Waals surface area contributed by atoms with Gasteiger partial charge >= 0.3 is 6.18 Å². The highest BCUT2D eigenvalue weighted by molar-refractivity contribution is 7.98. The molecule has 1 amide bonds. The number of hydrogen-bond acceptors (Lipinski definition) is 4. The van der Waals surface area contributed by atoms with Gasteiger partial charge in [0.05, 0.1) is 11.8 Å². The van der Waals surface area contributed by atoms with Crippen molar-refractivity contribution in [3.8, 4) is 5.75 Å². The fraction of sp³-hybridized carbons (Fsp3) is 0.130. The minimum absolute atomic E-state index is 0.257. The predicted molar refractivity (Wildman–Crippen MR) is 120 cm³/mol. The first-order chi connectivity index (χ1) is 15.3. The van der Waals surface area contributed by atoms with E-state index in [-0.39, 0.29) is 6.61 Å². The van der Waals surface area contributed by atoms with Crippen molar-refractivity contribution in [3.63, 3.8) is 0 Å². The number of hydrazone groups is 1. The van der Waals surface area contributed by atoms with E-state index in [1.807, 2.05) is 42.5 Å². The van der Waals surface area contributed by atoms with Crippen LogP contribution in [0.25, 0.3) is 0 Å². The van der Waals surface area contributed by atoms with Crippen molar-refractivity contribution in [1.29, 1.82) is 0 Å². The molecule has 1 N–H and O–H groups in total. The van der Waals surface area contributed by atoms with Crippen LogP contribution in [-0.2, 0) is 16.7 Å². The molecule has 0 unspecified atom stereocenters. The van der Waals surface area contributed by atoms with Crippen molar-refractivity contribution in [2.45, 2.75) is 16.8 Å². The van der Waals surface area contributed by atoms with Crippen LogP contribution < -0.4 is 10.2 Å². The van der Waals surface area contributed by atoms with Gasteiger partial charge in [-0.15, -0.1) is 11.8 Å². The fourth-order valence-corrected chi connectivity index (χ4v) is 3.58. The molecule has 0 heterocycles. The summed E-state index contributed by atoms with van der Waals surface area (Å²) in [5.74, 6) is 0.732. The van der Waals surface area contributed by atoms with E-state index in [2.05, 4.69) is 10.5 Å². The molecule has 0 fully saturated rings. The van der Waals surface area contributed by atoms with Gasteiger partial charge in [0.15, 0.2) is 6.61 Å². The first-order valence-electron chi connectivity index (χ1n) is 9.39. The summed E-state index contributed by atoms with van der Waals surface area (Å²) in [6, 6.07) is 19.3. The number of halogens is 4. The van der Waals surface area contributed by atoms with E-state index < -0.39 is 17.6 Å². The van der Waals surface area contributed by atoms with E-state index in [4.69, 9.17) is 16.3 Å². The average Bonchev–Trinajstić information content (AvgIpc) is 2.77. The molecule has 3 aromatic carbocycles. The van der Waals surface area contributed by atoms with Crippen LogP contribution in [0, 0.1) is 0 Å². The van der Waals surface area contributed by atoms with E-state index in [0.717, 1.165) is 22.6 Å². The van der Waals surface area contributed by atoms with Crippen LogP contribution in [0.3, 0.4) is 0 Å². The maximum absolute atomic E-state index is 12.6. The molecule has 32 heavy (non-hydrogen) atoms. The molecule has 0 saturated carbocycles. The van der Waals surface area contributed by atoms with Crippen LogP contribution in [0.2, 0.25) is 5.02 Å². The number of nitrogens with zero attached hydrogens (tertiary/aromatic N) is 1. The Bertz CT molecular complexity index is 1070. The lowest BCUT2D eigenvalue weighted by molar-refractivity contribution is -0.137. The second kappa shape index (κ2) is 11.1. The molecule has 9 heteroatoms. The number of carbonyl (C=O) groups excluding carboxylic acids is 1. The summed E-state index contributed by atoms with van der Waals surface area (Å²) in [6.45, 7) is -0.257. The van der Waals surface area contributed by atoms with E-state index in [9.17, 15) is 18.0 Å². The van der Waals surface area contributed by atoms with Gasteiger partial charge in [0, 0.05) is 21.2 Å². The Kier molecular flexibility index (Phi) is 8.19. The summed E-state index contributed by atoms with van der Waals surface area (Å²) in [5.41, 5.74) is 2.89. The lowest BCUT2D eigenvalue weighted by atomic mass is 10.1. The number of ether oxygens (including phenoxy) is 1. The van der Waals surface area contributed by atoms with Crippen LogP contribution in [-0.4, -0.2) is 18.7 Å². The van der Waals surface area contributed by atoms with Gasteiger partial charge in [-0.3, -0.25) is 4.79 Å². The first kappa shape index (κ1) is 23.7. The highest BCUT2D eigenvalue weighted by Gasteiger charge is 2.29. The molecular formula is C23H18ClF3N2O2S. The molecule has 0 aliphatic rings. The summed E-state index contributed by atoms with van der Waals surface area (Å²) < 4.78 is 43.3. The molecule has 4 nitrogen and oxygen atoms in total. The number of rotatable bonds is 8. The number of benzene rings is 3. The molecule has 166 valence electrons. The zero-order valence-electron chi connectivity index (χ0n) is 16.6. The van der Waals surface area contributed by atoms with Gasteiger partial charge in [-0.2, -0.15) is 18.3 Å². The minimum atomic E-state index is -4.40. The van der Waals surface area contributed by atoms with Crippen LogP contribution in [0.5, 0.6) is 5.75 Å². The van der Waals surface area contributed by atoms with Gasteiger partial charge in [-0.1, -0.05) is 41.9 Å². The third kappa shape index (κ3) is 7.32. The predicted octanol–water partition coefficient (Wildman–Crippen LogP) is 6.18. The minimum Gasteiger partial charge on any atom is -0.483 e. The van der Waals surface area contributed by atoms with Crippen LogP contribution in [0.15, 0.2) is 82.8 Å². The Morgan fingerprint density at radius 3 is 2.41 bits per heavy atom. The second-order valence-electron chi connectivity index (χ2n) is 6.55. The van der Waals surface area contributed by atoms with Gasteiger partial charge in [-0.05, 0) is 48.0 Å². The Labute approximate surface area is 192 Å². The summed E-state index contributed by atoms with van der Waals surface area (Å²) in [4.78, 5) is 13.1. The topological polar surface area (TPSA) is 50.7 Å². The van der Waals surface area contributed by atoms with Crippen molar-refractivity contribution in [2.24, 2.45) is 5.10 Å². The third-order valence-corrected chi connectivity index (χ3v) is 5.49. The normalized spacial score (nSPS) is 11.5. The molecule has 0 radical (unpaired) electrons. The maximum Gasteiger partial charge on any atom is 0.416 e. The summed E-state index contributed by atoms with van der Waals surface area (Å²) in [6.07, 6.45) is -3.14. The number of amides is 1. The van der Waals surface area contributed by atoms with Crippen molar-refractivity contribution in [2.75, 3.05) is 6.61 Å². The van der Waals surface area contributed by atoms with Gasteiger partial charge < -0.3 is 4.74 Å². The van der Waals surface area contributed by atoms with Crippen LogP contribution in [0.1, 0.15) is 16.7 Å². The van der Waals surface area contributed by atoms with Crippen molar-refractivity contribution >= 4 is 35.5 Å². The smallest absolute Gasteiger partial charge is 0.416 e.